The van der Waals surface area contributed by atoms with Crippen LogP contribution in [0.3, 0.4) is 0 Å². The van der Waals surface area contributed by atoms with Crippen LogP contribution in [0.2, 0.25) is 0 Å². The molecule has 9 N–H and O–H groups in total. The molecule has 0 saturated carbocycles. The van der Waals surface area contributed by atoms with E-state index >= 15 is 0 Å². The molecule has 1 rings (SSSR count). The predicted molar refractivity (Wildman–Crippen MR) is 222 cm³/mol. The largest absolute Gasteiger partial charge is 0.467 e. The minimum absolute atomic E-state index is 0.0557. The zero-order valence-electron chi connectivity index (χ0n) is 37.2. The van der Waals surface area contributed by atoms with E-state index in [9.17, 15) is 33.6 Å². The van der Waals surface area contributed by atoms with Gasteiger partial charge < -0.3 is 57.0 Å². The molecule has 0 aliphatic rings. The number of hydrogen-bond donors (Lipinski definition) is 7. The lowest BCUT2D eigenvalue weighted by atomic mass is 10.0. The third-order valence-corrected chi connectivity index (χ3v) is 8.21. The Morgan fingerprint density at radius 1 is 0.617 bits per heavy atom. The Bertz CT molecular complexity index is 1550. The molecule has 0 spiro atoms. The minimum Gasteiger partial charge on any atom is -0.467 e. The molecule has 1 heterocycles. The lowest BCUT2D eigenvalue weighted by molar-refractivity contribution is -0.145. The molecule has 1 aromatic heterocycles. The van der Waals surface area contributed by atoms with E-state index < -0.39 is 82.9 Å². The number of nitrogens with zero attached hydrogens (tertiary/aromatic N) is 2. The van der Waals surface area contributed by atoms with Crippen LogP contribution in [0.25, 0.3) is 0 Å². The van der Waals surface area contributed by atoms with E-state index in [2.05, 4.69) is 31.6 Å². The smallest absolute Gasteiger partial charge is 0.419 e. The SMILES string of the molecule is COC(=O)C(CCCCN)NC(=O)C(CCCCNC(=O)OC(C)(C)C)NC(=O)C(Cc1cn(C(=O)OC(C)(C)C)cn1)NC(=O)C(CCCCN)NC(=O)OC(C)(C)C. The summed E-state index contributed by atoms with van der Waals surface area (Å²) in [5.41, 5.74) is 9.16. The molecule has 0 aromatic carbocycles. The summed E-state index contributed by atoms with van der Waals surface area (Å²) in [6.45, 7) is 16.2. The first-order valence-electron chi connectivity index (χ1n) is 20.5. The molecule has 60 heavy (non-hydrogen) atoms. The number of ether oxygens (including phenoxy) is 4. The zero-order chi connectivity index (χ0) is 45.7. The van der Waals surface area contributed by atoms with Gasteiger partial charge in [0.15, 0.2) is 0 Å². The van der Waals surface area contributed by atoms with Crippen molar-refractivity contribution in [3.05, 3.63) is 18.2 Å². The van der Waals surface area contributed by atoms with Crippen LogP contribution >= 0.6 is 0 Å². The number of amides is 5. The Labute approximate surface area is 354 Å². The van der Waals surface area contributed by atoms with Gasteiger partial charge in [0.25, 0.3) is 0 Å². The van der Waals surface area contributed by atoms with Gasteiger partial charge in [-0.05, 0) is 133 Å². The molecule has 5 amide bonds. The number of carbonyl (C=O) groups excluding carboxylic acids is 7. The van der Waals surface area contributed by atoms with Crippen LogP contribution in [0.15, 0.2) is 12.5 Å². The first-order chi connectivity index (χ1) is 27.9. The van der Waals surface area contributed by atoms with E-state index in [0.717, 1.165) is 4.57 Å². The lowest BCUT2D eigenvalue weighted by Gasteiger charge is -2.27. The van der Waals surface area contributed by atoms with Gasteiger partial charge in [0.1, 0.15) is 47.3 Å². The van der Waals surface area contributed by atoms with Gasteiger partial charge in [-0.25, -0.2) is 28.7 Å². The highest BCUT2D eigenvalue weighted by molar-refractivity contribution is 5.95. The van der Waals surface area contributed by atoms with Crippen LogP contribution in [-0.2, 0) is 44.5 Å². The van der Waals surface area contributed by atoms with Crippen molar-refractivity contribution in [2.45, 2.75) is 167 Å². The molecular formula is C40H71N9O11. The summed E-state index contributed by atoms with van der Waals surface area (Å²) in [5.74, 6) is -2.92. The third-order valence-electron chi connectivity index (χ3n) is 8.21. The van der Waals surface area contributed by atoms with Crippen molar-refractivity contribution in [2.75, 3.05) is 26.7 Å². The van der Waals surface area contributed by atoms with E-state index in [0.29, 0.717) is 51.6 Å². The predicted octanol–water partition coefficient (Wildman–Crippen LogP) is 2.68. The quantitative estimate of drug-likeness (QED) is 0.0474. The number of methoxy groups -OCH3 is 1. The van der Waals surface area contributed by atoms with Gasteiger partial charge in [0.2, 0.25) is 17.7 Å². The second-order valence-corrected chi connectivity index (χ2v) is 17.4. The number of unbranched alkanes of at least 4 members (excludes halogenated alkanes) is 3. The van der Waals surface area contributed by atoms with Gasteiger partial charge in [0, 0.05) is 19.2 Å². The Balaban J connectivity index is 3.52. The van der Waals surface area contributed by atoms with Gasteiger partial charge in [-0.2, -0.15) is 0 Å². The average Bonchev–Trinajstić information content (AvgIpc) is 3.59. The highest BCUT2D eigenvalue weighted by atomic mass is 16.6. The van der Waals surface area contributed by atoms with Crippen LogP contribution < -0.4 is 38.1 Å². The summed E-state index contributed by atoms with van der Waals surface area (Å²) in [4.78, 5) is 96.8. The molecule has 342 valence electrons. The summed E-state index contributed by atoms with van der Waals surface area (Å²) in [7, 11) is 1.19. The van der Waals surface area contributed by atoms with Crippen LogP contribution in [0, 0.1) is 0 Å². The van der Waals surface area contributed by atoms with Crippen LogP contribution in [0.4, 0.5) is 14.4 Å². The second kappa shape index (κ2) is 25.6. The molecule has 0 bridgehead atoms. The first-order valence-corrected chi connectivity index (χ1v) is 20.5. The van der Waals surface area contributed by atoms with Crippen molar-refractivity contribution in [2.24, 2.45) is 11.5 Å². The fourth-order valence-corrected chi connectivity index (χ4v) is 5.46. The Morgan fingerprint density at radius 3 is 1.58 bits per heavy atom. The fraction of sp³-hybridized carbons (Fsp3) is 0.750. The fourth-order valence-electron chi connectivity index (χ4n) is 5.46. The number of alkyl carbamates (subject to hydrolysis) is 2. The number of aromatic nitrogens is 2. The topological polar surface area (TPSA) is 286 Å². The van der Waals surface area contributed by atoms with Gasteiger partial charge >= 0.3 is 24.2 Å². The van der Waals surface area contributed by atoms with Crippen molar-refractivity contribution in [3.63, 3.8) is 0 Å². The number of rotatable bonds is 23. The van der Waals surface area contributed by atoms with E-state index in [4.69, 9.17) is 30.4 Å². The maximum absolute atomic E-state index is 14.3. The van der Waals surface area contributed by atoms with Gasteiger partial charge in [0.05, 0.1) is 12.8 Å². The summed E-state index contributed by atoms with van der Waals surface area (Å²) in [5, 5.41) is 13.3. The molecule has 4 atom stereocenters. The van der Waals surface area contributed by atoms with Crippen molar-refractivity contribution in [3.8, 4) is 0 Å². The summed E-state index contributed by atoms with van der Waals surface area (Å²) >= 11 is 0. The molecule has 20 nitrogen and oxygen atoms in total. The highest BCUT2D eigenvalue weighted by Gasteiger charge is 2.33. The maximum Gasteiger partial charge on any atom is 0.419 e. The molecule has 0 aliphatic heterocycles. The maximum atomic E-state index is 14.3. The molecule has 20 heteroatoms. The standard InChI is InChI=1S/C40H71N9O11/c1-38(2,3)58-35(54)43-22-16-13-18-27(31(50)46-29(34(53)57-10)19-12-15-21-42)45-33(52)30(23-26-24-49(25-44-26)37(56)60-40(7,8)9)47-32(51)28(17-11-14-20-41)48-36(55)59-39(4,5)6/h24-25,27-30H,11-23,41-42H2,1-10H3,(H,43,54)(H,45,52)(H,46,50)(H,47,51)(H,48,55). The molecule has 0 radical (unpaired) electrons. The Hall–Kier alpha value is -4.98. The molecule has 1 aromatic rings. The number of nitrogens with two attached hydrogens (primary N) is 2. The zero-order valence-corrected chi connectivity index (χ0v) is 37.2. The van der Waals surface area contributed by atoms with Crippen molar-refractivity contribution >= 4 is 42.0 Å². The average molecular weight is 854 g/mol. The van der Waals surface area contributed by atoms with E-state index in [-0.39, 0.29) is 37.9 Å². The minimum atomic E-state index is -1.40. The molecule has 0 aliphatic carbocycles. The third kappa shape index (κ3) is 23.0. The van der Waals surface area contributed by atoms with Crippen LogP contribution in [0.5, 0.6) is 0 Å². The van der Waals surface area contributed by atoms with Crippen LogP contribution in [-0.4, -0.2) is 119 Å². The van der Waals surface area contributed by atoms with Crippen molar-refractivity contribution in [1.82, 2.24) is 36.1 Å². The van der Waals surface area contributed by atoms with Gasteiger partial charge in [-0.15, -0.1) is 0 Å². The number of esters is 1. The molecule has 0 saturated heterocycles. The lowest BCUT2D eigenvalue weighted by Crippen LogP contribution is -2.58. The van der Waals surface area contributed by atoms with Crippen molar-refractivity contribution in [1.29, 1.82) is 0 Å². The number of imidazole rings is 1. The summed E-state index contributed by atoms with van der Waals surface area (Å²) < 4.78 is 22.1. The van der Waals surface area contributed by atoms with E-state index in [1.54, 1.807) is 62.3 Å². The number of nitrogens with one attached hydrogen (secondary N) is 5. The van der Waals surface area contributed by atoms with Gasteiger partial charge in [-0.1, -0.05) is 0 Å². The number of carbonyl (C=O) groups is 7. The summed E-state index contributed by atoms with van der Waals surface area (Å²) in [6.07, 6.45) is 3.38. The Kier molecular flexibility index (Phi) is 22.6. The summed E-state index contributed by atoms with van der Waals surface area (Å²) in [6, 6.07) is -4.82. The first kappa shape index (κ1) is 53.0. The molecule has 0 fully saturated rings. The van der Waals surface area contributed by atoms with Crippen LogP contribution in [0.1, 0.15) is 126 Å². The van der Waals surface area contributed by atoms with Gasteiger partial charge in [-0.3, -0.25) is 14.4 Å². The molecule has 4 unspecified atom stereocenters. The molecular weight excluding hydrogens is 782 g/mol. The second-order valence-electron chi connectivity index (χ2n) is 17.4. The Morgan fingerprint density at radius 2 is 1.07 bits per heavy atom. The number of hydrogen-bond acceptors (Lipinski definition) is 14. The highest BCUT2D eigenvalue weighted by Crippen LogP contribution is 2.13. The van der Waals surface area contributed by atoms with E-state index in [1.807, 2.05) is 0 Å². The normalized spacial score (nSPS) is 13.7. The van der Waals surface area contributed by atoms with Crippen molar-refractivity contribution < 1.29 is 52.5 Å². The monoisotopic (exact) mass is 854 g/mol. The van der Waals surface area contributed by atoms with E-state index in [1.165, 1.54) is 19.6 Å².